The number of benzene rings is 1. The summed E-state index contributed by atoms with van der Waals surface area (Å²) in [4.78, 5) is 16.1. The molecule has 1 atom stereocenters. The highest BCUT2D eigenvalue weighted by Gasteiger charge is 2.05. The van der Waals surface area contributed by atoms with Crippen LogP contribution in [0.25, 0.3) is 0 Å². The van der Waals surface area contributed by atoms with Crippen LogP contribution < -0.4 is 16.4 Å². The molecule has 1 aromatic carbocycles. The summed E-state index contributed by atoms with van der Waals surface area (Å²) in [6.45, 7) is 4.26. The first-order valence-corrected chi connectivity index (χ1v) is 7.24. The smallest absolute Gasteiger partial charge is 0.319 e. The average molecular weight is 290 g/mol. The monoisotopic (exact) mass is 290 g/mol. The SMILES string of the molecule is Cc1nc(CNC(=O)Nc2cccc(C(C)N)c2)cs1. The normalized spacial score (nSPS) is 11.9. The number of nitrogens with one attached hydrogen (secondary N) is 2. The maximum atomic E-state index is 11.8. The summed E-state index contributed by atoms with van der Waals surface area (Å²) in [6.07, 6.45) is 0. The van der Waals surface area contributed by atoms with Crippen LogP contribution in [0.3, 0.4) is 0 Å². The van der Waals surface area contributed by atoms with Crippen molar-refractivity contribution in [2.24, 2.45) is 5.73 Å². The van der Waals surface area contributed by atoms with Crippen molar-refractivity contribution in [3.8, 4) is 0 Å². The van der Waals surface area contributed by atoms with Crippen LogP contribution >= 0.6 is 11.3 Å². The first kappa shape index (κ1) is 14.5. The van der Waals surface area contributed by atoms with E-state index in [1.165, 1.54) is 0 Å². The van der Waals surface area contributed by atoms with Crippen LogP contribution in [0, 0.1) is 6.92 Å². The van der Waals surface area contributed by atoms with Crippen molar-refractivity contribution >= 4 is 23.1 Å². The minimum atomic E-state index is -0.252. The maximum Gasteiger partial charge on any atom is 0.319 e. The van der Waals surface area contributed by atoms with E-state index in [2.05, 4.69) is 15.6 Å². The molecular formula is C14H18N4OS. The van der Waals surface area contributed by atoms with Crippen molar-refractivity contribution in [2.45, 2.75) is 26.4 Å². The lowest BCUT2D eigenvalue weighted by atomic mass is 10.1. The number of thiazole rings is 1. The fraction of sp³-hybridized carbons (Fsp3) is 0.286. The van der Waals surface area contributed by atoms with Crippen molar-refractivity contribution < 1.29 is 4.79 Å². The zero-order valence-corrected chi connectivity index (χ0v) is 12.3. The molecule has 0 spiro atoms. The fourth-order valence-electron chi connectivity index (χ4n) is 1.74. The van der Waals surface area contributed by atoms with Gasteiger partial charge in [-0.1, -0.05) is 12.1 Å². The molecule has 1 aromatic heterocycles. The van der Waals surface area contributed by atoms with Gasteiger partial charge in [0.25, 0.3) is 0 Å². The molecule has 0 fully saturated rings. The Labute approximate surface area is 122 Å². The van der Waals surface area contributed by atoms with Gasteiger partial charge in [0.2, 0.25) is 0 Å². The summed E-state index contributed by atoms with van der Waals surface area (Å²) >= 11 is 1.57. The summed E-state index contributed by atoms with van der Waals surface area (Å²) in [6, 6.07) is 7.20. The predicted molar refractivity (Wildman–Crippen MR) is 81.8 cm³/mol. The molecule has 0 aliphatic rings. The zero-order chi connectivity index (χ0) is 14.5. The highest BCUT2D eigenvalue weighted by molar-refractivity contribution is 7.09. The number of anilines is 1. The molecule has 0 bridgehead atoms. The number of carbonyl (C=O) groups excluding carboxylic acids is 1. The van der Waals surface area contributed by atoms with E-state index >= 15 is 0 Å². The molecule has 20 heavy (non-hydrogen) atoms. The third-order valence-corrected chi connectivity index (χ3v) is 3.59. The minimum Gasteiger partial charge on any atom is -0.332 e. The molecule has 1 unspecified atom stereocenters. The van der Waals surface area contributed by atoms with Crippen LogP contribution in [0.5, 0.6) is 0 Å². The summed E-state index contributed by atoms with van der Waals surface area (Å²) < 4.78 is 0. The molecule has 106 valence electrons. The number of nitrogens with zero attached hydrogens (tertiary/aromatic N) is 1. The van der Waals surface area contributed by atoms with Crippen LogP contribution in [-0.2, 0) is 6.54 Å². The molecule has 0 saturated carbocycles. The third kappa shape index (κ3) is 4.04. The lowest BCUT2D eigenvalue weighted by Gasteiger charge is -2.10. The number of amides is 2. The van der Waals surface area contributed by atoms with Gasteiger partial charge in [0.05, 0.1) is 17.2 Å². The van der Waals surface area contributed by atoms with Gasteiger partial charge >= 0.3 is 6.03 Å². The number of hydrogen-bond donors (Lipinski definition) is 3. The Kier molecular flexibility index (Phi) is 4.70. The predicted octanol–water partition coefficient (Wildman–Crippen LogP) is 2.79. The molecule has 0 saturated heterocycles. The first-order chi connectivity index (χ1) is 9.54. The van der Waals surface area contributed by atoms with E-state index < -0.39 is 0 Å². The second kappa shape index (κ2) is 6.49. The van der Waals surface area contributed by atoms with Gasteiger partial charge in [-0.15, -0.1) is 11.3 Å². The molecule has 2 rings (SSSR count). The summed E-state index contributed by atoms with van der Waals surface area (Å²) in [5.41, 5.74) is 8.40. The quantitative estimate of drug-likeness (QED) is 0.810. The van der Waals surface area contributed by atoms with Gasteiger partial charge in [-0.25, -0.2) is 9.78 Å². The lowest BCUT2D eigenvalue weighted by molar-refractivity contribution is 0.251. The number of urea groups is 1. The molecule has 6 heteroatoms. The van der Waals surface area contributed by atoms with E-state index in [9.17, 15) is 4.79 Å². The average Bonchev–Trinajstić information content (AvgIpc) is 2.82. The van der Waals surface area contributed by atoms with Gasteiger partial charge in [-0.05, 0) is 31.5 Å². The molecule has 0 radical (unpaired) electrons. The largest absolute Gasteiger partial charge is 0.332 e. The second-order valence-electron chi connectivity index (χ2n) is 4.58. The van der Waals surface area contributed by atoms with E-state index in [4.69, 9.17) is 5.73 Å². The van der Waals surface area contributed by atoms with Gasteiger partial charge in [0, 0.05) is 17.1 Å². The van der Waals surface area contributed by atoms with E-state index in [1.807, 2.05) is 43.5 Å². The van der Waals surface area contributed by atoms with Crippen molar-refractivity contribution in [3.05, 3.63) is 45.9 Å². The minimum absolute atomic E-state index is 0.0576. The Morgan fingerprint density at radius 3 is 2.95 bits per heavy atom. The van der Waals surface area contributed by atoms with Crippen LogP contribution in [-0.4, -0.2) is 11.0 Å². The number of hydrogen-bond acceptors (Lipinski definition) is 4. The van der Waals surface area contributed by atoms with E-state index in [1.54, 1.807) is 11.3 Å². The molecule has 5 nitrogen and oxygen atoms in total. The summed E-state index contributed by atoms with van der Waals surface area (Å²) in [5, 5.41) is 8.49. The Morgan fingerprint density at radius 1 is 1.50 bits per heavy atom. The number of aryl methyl sites for hydroxylation is 1. The molecule has 0 aliphatic heterocycles. The summed E-state index contributed by atoms with van der Waals surface area (Å²) in [5.74, 6) is 0. The van der Waals surface area contributed by atoms with E-state index in [0.29, 0.717) is 6.54 Å². The van der Waals surface area contributed by atoms with E-state index in [-0.39, 0.29) is 12.1 Å². The Hall–Kier alpha value is -1.92. The summed E-state index contributed by atoms with van der Waals surface area (Å²) in [7, 11) is 0. The fourth-order valence-corrected chi connectivity index (χ4v) is 2.35. The molecule has 2 aromatic rings. The van der Waals surface area contributed by atoms with Crippen molar-refractivity contribution in [1.29, 1.82) is 0 Å². The van der Waals surface area contributed by atoms with Crippen LogP contribution in [0.4, 0.5) is 10.5 Å². The first-order valence-electron chi connectivity index (χ1n) is 6.36. The topological polar surface area (TPSA) is 80.0 Å². The zero-order valence-electron chi connectivity index (χ0n) is 11.5. The van der Waals surface area contributed by atoms with Crippen molar-refractivity contribution in [3.63, 3.8) is 0 Å². The van der Waals surface area contributed by atoms with Crippen LogP contribution in [0.2, 0.25) is 0 Å². The lowest BCUT2D eigenvalue weighted by Crippen LogP contribution is -2.28. The van der Waals surface area contributed by atoms with Crippen molar-refractivity contribution in [2.75, 3.05) is 5.32 Å². The molecule has 1 heterocycles. The molecular weight excluding hydrogens is 272 g/mol. The Bertz CT molecular complexity index is 594. The van der Waals surface area contributed by atoms with E-state index in [0.717, 1.165) is 22.0 Å². The van der Waals surface area contributed by atoms with Gasteiger partial charge in [-0.3, -0.25) is 0 Å². The molecule has 2 amide bonds. The highest BCUT2D eigenvalue weighted by atomic mass is 32.1. The van der Waals surface area contributed by atoms with Crippen molar-refractivity contribution in [1.82, 2.24) is 10.3 Å². The Balaban J connectivity index is 1.89. The highest BCUT2D eigenvalue weighted by Crippen LogP contribution is 2.15. The van der Waals surface area contributed by atoms with Gasteiger partial charge in [-0.2, -0.15) is 0 Å². The second-order valence-corrected chi connectivity index (χ2v) is 5.64. The number of carbonyl (C=O) groups is 1. The third-order valence-electron chi connectivity index (χ3n) is 2.77. The number of aromatic nitrogens is 1. The standard InChI is InChI=1S/C14H18N4OS/c1-9(15)11-4-3-5-12(6-11)18-14(19)16-7-13-8-20-10(2)17-13/h3-6,8-9H,7,15H2,1-2H3,(H2,16,18,19). The van der Waals surface area contributed by atoms with Crippen LogP contribution in [0.1, 0.15) is 29.2 Å². The van der Waals surface area contributed by atoms with Gasteiger partial charge < -0.3 is 16.4 Å². The number of rotatable bonds is 4. The Morgan fingerprint density at radius 2 is 2.30 bits per heavy atom. The molecule has 4 N–H and O–H groups in total. The number of nitrogens with two attached hydrogens (primary N) is 1. The molecule has 0 aliphatic carbocycles. The maximum absolute atomic E-state index is 11.8. The van der Waals surface area contributed by atoms with Crippen LogP contribution in [0.15, 0.2) is 29.6 Å². The van der Waals surface area contributed by atoms with Gasteiger partial charge in [0.15, 0.2) is 0 Å². The van der Waals surface area contributed by atoms with Gasteiger partial charge in [0.1, 0.15) is 0 Å².